The van der Waals surface area contributed by atoms with Crippen molar-refractivity contribution in [2.24, 2.45) is 7.05 Å². The zero-order valence-electron chi connectivity index (χ0n) is 13.3. The molecule has 3 rings (SSSR count). The van der Waals surface area contributed by atoms with Crippen molar-refractivity contribution in [1.82, 2.24) is 19.4 Å². The maximum Gasteiger partial charge on any atom is 0.254 e. The minimum Gasteiger partial charge on any atom is -0.337 e. The van der Waals surface area contributed by atoms with Gasteiger partial charge in [0, 0.05) is 44.6 Å². The smallest absolute Gasteiger partial charge is 0.254 e. The van der Waals surface area contributed by atoms with Crippen LogP contribution in [0.3, 0.4) is 0 Å². The number of piperazine rings is 1. The zero-order valence-corrected chi connectivity index (χ0v) is 13.3. The van der Waals surface area contributed by atoms with Crippen molar-refractivity contribution in [1.29, 1.82) is 5.26 Å². The Morgan fingerprint density at radius 1 is 1.35 bits per heavy atom. The molecule has 23 heavy (non-hydrogen) atoms. The highest BCUT2D eigenvalue weighted by atomic mass is 16.2. The summed E-state index contributed by atoms with van der Waals surface area (Å²) >= 11 is 0. The third-order valence-corrected chi connectivity index (χ3v) is 4.33. The fourth-order valence-corrected chi connectivity index (χ4v) is 2.94. The van der Waals surface area contributed by atoms with Gasteiger partial charge in [0.2, 0.25) is 0 Å². The van der Waals surface area contributed by atoms with Gasteiger partial charge in [-0.1, -0.05) is 6.07 Å². The van der Waals surface area contributed by atoms with Crippen molar-refractivity contribution in [2.75, 3.05) is 26.7 Å². The van der Waals surface area contributed by atoms with E-state index in [-0.39, 0.29) is 11.9 Å². The summed E-state index contributed by atoms with van der Waals surface area (Å²) in [7, 11) is 4.02. The molecular formula is C17H19N5O. The molecule has 0 saturated carbocycles. The monoisotopic (exact) mass is 309 g/mol. The first-order valence-corrected chi connectivity index (χ1v) is 7.57. The Balaban J connectivity index is 1.82. The molecule has 2 heterocycles. The summed E-state index contributed by atoms with van der Waals surface area (Å²) in [5.74, 6) is 0.921. The van der Waals surface area contributed by atoms with E-state index in [4.69, 9.17) is 5.26 Å². The highest BCUT2D eigenvalue weighted by Gasteiger charge is 2.31. The minimum atomic E-state index is -0.0330. The second-order valence-electron chi connectivity index (χ2n) is 5.84. The molecule has 2 aromatic rings. The molecule has 1 aromatic heterocycles. The van der Waals surface area contributed by atoms with E-state index in [1.807, 2.05) is 22.7 Å². The first kappa shape index (κ1) is 15.3. The normalized spacial score (nSPS) is 18.7. The van der Waals surface area contributed by atoms with Crippen molar-refractivity contribution in [3.8, 4) is 6.07 Å². The van der Waals surface area contributed by atoms with Gasteiger partial charge in [0.1, 0.15) is 5.82 Å². The van der Waals surface area contributed by atoms with Crippen molar-refractivity contribution >= 4 is 5.91 Å². The van der Waals surface area contributed by atoms with Gasteiger partial charge in [-0.3, -0.25) is 9.69 Å². The summed E-state index contributed by atoms with van der Waals surface area (Å²) < 4.78 is 1.99. The predicted molar refractivity (Wildman–Crippen MR) is 85.6 cm³/mol. The number of amides is 1. The largest absolute Gasteiger partial charge is 0.337 e. The molecule has 1 aromatic carbocycles. The van der Waals surface area contributed by atoms with E-state index in [2.05, 4.69) is 23.0 Å². The van der Waals surface area contributed by atoms with Gasteiger partial charge < -0.3 is 9.47 Å². The Hall–Kier alpha value is -2.65. The number of benzene rings is 1. The quantitative estimate of drug-likeness (QED) is 0.841. The highest BCUT2D eigenvalue weighted by molar-refractivity contribution is 5.94. The van der Waals surface area contributed by atoms with Crippen LogP contribution in [0.1, 0.15) is 27.8 Å². The van der Waals surface area contributed by atoms with Crippen molar-refractivity contribution in [3.63, 3.8) is 0 Å². The second kappa shape index (κ2) is 6.23. The molecule has 6 nitrogen and oxygen atoms in total. The Bertz CT molecular complexity index is 760. The maximum atomic E-state index is 12.7. The molecule has 0 unspecified atom stereocenters. The van der Waals surface area contributed by atoms with Gasteiger partial charge in [0.05, 0.1) is 17.7 Å². The molecule has 1 saturated heterocycles. The van der Waals surface area contributed by atoms with Crippen LogP contribution in [0, 0.1) is 11.3 Å². The third kappa shape index (κ3) is 2.96. The molecule has 1 aliphatic heterocycles. The first-order valence-electron chi connectivity index (χ1n) is 7.57. The lowest BCUT2D eigenvalue weighted by atomic mass is 10.1. The Morgan fingerprint density at radius 3 is 2.87 bits per heavy atom. The summed E-state index contributed by atoms with van der Waals surface area (Å²) in [6, 6.07) is 9.02. The molecule has 0 aliphatic carbocycles. The summed E-state index contributed by atoms with van der Waals surface area (Å²) in [6.07, 6.45) is 3.70. The summed E-state index contributed by atoms with van der Waals surface area (Å²) in [6.45, 7) is 2.06. The van der Waals surface area contributed by atoms with Crippen molar-refractivity contribution in [3.05, 3.63) is 53.6 Å². The van der Waals surface area contributed by atoms with Gasteiger partial charge in [-0.05, 0) is 25.2 Å². The lowest BCUT2D eigenvalue weighted by Gasteiger charge is -2.39. The van der Waals surface area contributed by atoms with Gasteiger partial charge in [0.15, 0.2) is 0 Å². The van der Waals surface area contributed by atoms with Crippen LogP contribution < -0.4 is 0 Å². The van der Waals surface area contributed by atoms with Gasteiger partial charge in [0.25, 0.3) is 5.91 Å². The van der Waals surface area contributed by atoms with E-state index in [0.29, 0.717) is 24.2 Å². The summed E-state index contributed by atoms with van der Waals surface area (Å²) in [5.41, 5.74) is 1.07. The van der Waals surface area contributed by atoms with Gasteiger partial charge >= 0.3 is 0 Å². The van der Waals surface area contributed by atoms with Crippen LogP contribution in [-0.4, -0.2) is 51.9 Å². The van der Waals surface area contributed by atoms with E-state index in [9.17, 15) is 4.79 Å². The number of imidazole rings is 1. The number of hydrogen-bond donors (Lipinski definition) is 0. The highest BCUT2D eigenvalue weighted by Crippen LogP contribution is 2.23. The standard InChI is InChI=1S/C17H19N5O/c1-20-8-9-22(12-15(20)16-19-6-7-21(16)2)17(23)14-5-3-4-13(10-14)11-18/h3-7,10,15H,8-9,12H2,1-2H3/t15-/m1/s1. The first-order chi connectivity index (χ1) is 11.1. The molecule has 118 valence electrons. The van der Waals surface area contributed by atoms with E-state index >= 15 is 0 Å². The van der Waals surface area contributed by atoms with Crippen molar-refractivity contribution < 1.29 is 4.79 Å². The SMILES string of the molecule is CN1CCN(C(=O)c2cccc(C#N)c2)C[C@@H]1c1nccn1C. The van der Waals surface area contributed by atoms with Crippen LogP contribution in [0.2, 0.25) is 0 Å². The van der Waals surface area contributed by atoms with Gasteiger partial charge in [-0.2, -0.15) is 5.26 Å². The summed E-state index contributed by atoms with van der Waals surface area (Å²) in [5, 5.41) is 8.99. The molecule has 1 amide bonds. The average molecular weight is 309 g/mol. The fraction of sp³-hybridized carbons (Fsp3) is 0.353. The molecule has 1 fully saturated rings. The van der Waals surface area contributed by atoms with Crippen LogP contribution in [0.5, 0.6) is 0 Å². The number of nitrogens with zero attached hydrogens (tertiary/aromatic N) is 5. The number of carbonyl (C=O) groups excluding carboxylic acids is 1. The maximum absolute atomic E-state index is 12.7. The number of carbonyl (C=O) groups is 1. The minimum absolute atomic E-state index is 0.0330. The zero-order chi connectivity index (χ0) is 16.4. The molecule has 0 spiro atoms. The lowest BCUT2D eigenvalue weighted by Crippen LogP contribution is -2.49. The molecule has 6 heteroatoms. The molecule has 1 aliphatic rings. The molecular weight excluding hydrogens is 290 g/mol. The van der Waals surface area contributed by atoms with Gasteiger partial charge in [-0.15, -0.1) is 0 Å². The number of aromatic nitrogens is 2. The Morgan fingerprint density at radius 2 is 2.17 bits per heavy atom. The van der Waals surface area contributed by atoms with Crippen LogP contribution >= 0.6 is 0 Å². The van der Waals surface area contributed by atoms with E-state index in [0.717, 1.165) is 12.4 Å². The lowest BCUT2D eigenvalue weighted by molar-refractivity contribution is 0.0529. The molecule has 0 bridgehead atoms. The van der Waals surface area contributed by atoms with Crippen LogP contribution in [0.4, 0.5) is 0 Å². The van der Waals surface area contributed by atoms with E-state index in [1.165, 1.54) is 0 Å². The predicted octanol–water partition coefficient (Wildman–Crippen LogP) is 1.42. The topological polar surface area (TPSA) is 65.2 Å². The van der Waals surface area contributed by atoms with Crippen LogP contribution in [0.15, 0.2) is 36.7 Å². The second-order valence-corrected chi connectivity index (χ2v) is 5.84. The number of rotatable bonds is 2. The average Bonchev–Trinajstić information content (AvgIpc) is 3.00. The molecule has 1 atom stereocenters. The van der Waals surface area contributed by atoms with Crippen LogP contribution in [0.25, 0.3) is 0 Å². The molecule has 0 radical (unpaired) electrons. The Kier molecular flexibility index (Phi) is 4.13. The Labute approximate surface area is 135 Å². The fourth-order valence-electron chi connectivity index (χ4n) is 2.94. The third-order valence-electron chi connectivity index (χ3n) is 4.33. The van der Waals surface area contributed by atoms with Gasteiger partial charge in [-0.25, -0.2) is 4.98 Å². The van der Waals surface area contributed by atoms with Crippen molar-refractivity contribution in [2.45, 2.75) is 6.04 Å². The van der Waals surface area contributed by atoms with Crippen LogP contribution in [-0.2, 0) is 7.05 Å². The van der Waals surface area contributed by atoms with E-state index < -0.39 is 0 Å². The van der Waals surface area contributed by atoms with E-state index in [1.54, 1.807) is 30.5 Å². The number of aryl methyl sites for hydroxylation is 1. The molecule has 0 N–H and O–H groups in total. The number of nitriles is 1. The summed E-state index contributed by atoms with van der Waals surface area (Å²) in [4.78, 5) is 21.2. The number of hydrogen-bond acceptors (Lipinski definition) is 4. The number of likely N-dealkylation sites (N-methyl/N-ethyl adjacent to an activating group) is 1.